The van der Waals surface area contributed by atoms with Crippen molar-refractivity contribution in [3.05, 3.63) is 48.3 Å². The quantitative estimate of drug-likeness (QED) is 0.0812. The van der Waals surface area contributed by atoms with Crippen LogP contribution in [0.2, 0.25) is 0 Å². The number of aliphatic hydroxyl groups is 2. The number of likely N-dealkylation sites (N-methyl/N-ethyl adjacent to an activating group) is 1. The number of aromatic nitrogens is 1. The minimum Gasteiger partial charge on any atom is -0.493 e. The maximum absolute atomic E-state index is 15.4. The summed E-state index contributed by atoms with van der Waals surface area (Å²) < 4.78 is 63.3. The third-order valence-corrected chi connectivity index (χ3v) is 20.8. The second-order valence-corrected chi connectivity index (χ2v) is 27.1. The summed E-state index contributed by atoms with van der Waals surface area (Å²) in [4.78, 5) is 67.6. The van der Waals surface area contributed by atoms with Crippen molar-refractivity contribution >= 4 is 63.7 Å². The summed E-state index contributed by atoms with van der Waals surface area (Å²) >= 11 is 3.27. The lowest BCUT2D eigenvalue weighted by atomic mass is 9.72. The van der Waals surface area contributed by atoms with E-state index in [0.29, 0.717) is 35.1 Å². The first kappa shape index (κ1) is 66.3. The summed E-state index contributed by atoms with van der Waals surface area (Å²) in [5.74, 6) is -4.41. The molecule has 19 nitrogen and oxygen atoms in total. The van der Waals surface area contributed by atoms with Gasteiger partial charge in [0.25, 0.3) is 5.91 Å². The minimum atomic E-state index is -1.53. The number of alkyl halides is 1. The van der Waals surface area contributed by atoms with E-state index in [4.69, 9.17) is 47.4 Å². The fourth-order valence-corrected chi connectivity index (χ4v) is 15.5. The minimum absolute atomic E-state index is 0.0207. The number of rotatable bonds is 18. The molecule has 460 valence electrons. The van der Waals surface area contributed by atoms with Crippen molar-refractivity contribution in [2.75, 3.05) is 52.1 Å². The third kappa shape index (κ3) is 14.6. The Labute approximate surface area is 503 Å². The number of amides is 1. The summed E-state index contributed by atoms with van der Waals surface area (Å²) in [6.45, 7) is 21.3. The average molecular weight is 1280 g/mol. The van der Waals surface area contributed by atoms with Crippen LogP contribution in [0.3, 0.4) is 0 Å². The van der Waals surface area contributed by atoms with Gasteiger partial charge in [-0.25, -0.2) is 0 Å². The highest BCUT2D eigenvalue weighted by Gasteiger charge is 2.62. The zero-order chi connectivity index (χ0) is 60.2. The monoisotopic (exact) mass is 1280 g/mol. The van der Waals surface area contributed by atoms with E-state index >= 15 is 9.59 Å². The van der Waals surface area contributed by atoms with Gasteiger partial charge in [0.05, 0.1) is 54.7 Å². The van der Waals surface area contributed by atoms with Gasteiger partial charge >= 0.3 is 11.9 Å². The number of ketones is 1. The molecule has 1 aliphatic carbocycles. The maximum Gasteiger partial charge on any atom is 0.320 e. The van der Waals surface area contributed by atoms with Crippen molar-refractivity contribution in [1.29, 1.82) is 0 Å². The first-order valence-electron chi connectivity index (χ1n) is 29.3. The van der Waals surface area contributed by atoms with Crippen molar-refractivity contribution in [2.45, 2.75) is 209 Å². The Morgan fingerprint density at radius 2 is 1.55 bits per heavy atom. The van der Waals surface area contributed by atoms with Crippen molar-refractivity contribution in [2.24, 2.45) is 35.5 Å². The molecule has 0 spiro atoms. The van der Waals surface area contributed by atoms with Crippen LogP contribution in [0.25, 0.3) is 0 Å². The summed E-state index contributed by atoms with van der Waals surface area (Å²) in [5, 5.41) is 22.5. The van der Waals surface area contributed by atoms with Crippen LogP contribution < -0.4 is 14.4 Å². The van der Waals surface area contributed by atoms with Gasteiger partial charge in [0.15, 0.2) is 33.8 Å². The van der Waals surface area contributed by atoms with Gasteiger partial charge in [0, 0.05) is 98.9 Å². The zero-order valence-corrected chi connectivity index (χ0v) is 53.7. The molecule has 7 rings (SSSR count). The van der Waals surface area contributed by atoms with Crippen LogP contribution in [-0.4, -0.2) is 178 Å². The van der Waals surface area contributed by atoms with Crippen LogP contribution >= 0.6 is 34.4 Å². The summed E-state index contributed by atoms with van der Waals surface area (Å²) in [7, 11) is 6.62. The fourth-order valence-electron chi connectivity index (χ4n) is 13.3. The normalized spacial score (nSPS) is 38.0. The number of anilines is 1. The van der Waals surface area contributed by atoms with Gasteiger partial charge in [-0.2, -0.15) is 0 Å². The van der Waals surface area contributed by atoms with E-state index in [1.807, 2.05) is 63.4 Å². The van der Waals surface area contributed by atoms with Crippen LogP contribution in [0.5, 0.6) is 11.5 Å². The Kier molecular flexibility index (Phi) is 22.7. The van der Waals surface area contributed by atoms with E-state index in [1.165, 1.54) is 18.9 Å². The molecule has 19 atom stereocenters. The van der Waals surface area contributed by atoms with Crippen LogP contribution in [0.1, 0.15) is 131 Å². The van der Waals surface area contributed by atoms with Gasteiger partial charge in [0.1, 0.15) is 23.2 Å². The Balaban J connectivity index is 1.25. The number of methoxy groups -OCH3 is 3. The van der Waals surface area contributed by atoms with Gasteiger partial charge in [-0.3, -0.25) is 24.2 Å². The van der Waals surface area contributed by atoms with Crippen LogP contribution in [-0.2, 0) is 52.3 Å². The molecular weight excluding hydrogens is 1190 g/mol. The average Bonchev–Trinajstić information content (AvgIpc) is 4.18. The van der Waals surface area contributed by atoms with E-state index in [9.17, 15) is 19.8 Å². The first-order valence-corrected chi connectivity index (χ1v) is 31.6. The molecule has 1 aromatic carbocycles. The summed E-state index contributed by atoms with van der Waals surface area (Å²) in [5.41, 5.74) is -2.97. The molecule has 5 aliphatic rings. The third-order valence-electron chi connectivity index (χ3n) is 18.1. The molecule has 0 radical (unpaired) electrons. The number of halogens is 1. The van der Waals surface area contributed by atoms with E-state index in [0.717, 1.165) is 32.2 Å². The number of pyridine rings is 1. The van der Waals surface area contributed by atoms with Crippen LogP contribution in [0, 0.1) is 35.5 Å². The number of cyclic esters (lactones) is 1. The van der Waals surface area contributed by atoms with Crippen molar-refractivity contribution in [3.8, 4) is 11.5 Å². The Bertz CT molecular complexity index is 2480. The highest BCUT2D eigenvalue weighted by Crippen LogP contribution is 2.50. The second-order valence-electron chi connectivity index (χ2n) is 24.7. The number of hydrogen-bond donors (Lipinski definition) is 2. The molecule has 1 saturated carbocycles. The number of fused-ring (bicyclic) bond motifs is 1. The van der Waals surface area contributed by atoms with Gasteiger partial charge in [-0.1, -0.05) is 34.6 Å². The van der Waals surface area contributed by atoms with Gasteiger partial charge in [0.2, 0.25) is 0 Å². The predicted octanol–water partition coefficient (Wildman–Crippen LogP) is 8.44. The van der Waals surface area contributed by atoms with E-state index in [1.54, 1.807) is 90.4 Å². The lowest BCUT2D eigenvalue weighted by Crippen LogP contribution is -2.61. The smallest absolute Gasteiger partial charge is 0.320 e. The van der Waals surface area contributed by atoms with Gasteiger partial charge in [-0.05, 0) is 140 Å². The molecule has 21 heteroatoms. The van der Waals surface area contributed by atoms with Crippen LogP contribution in [0.15, 0.2) is 42.7 Å². The number of hydrogen-bond acceptors (Lipinski definition) is 19. The molecule has 0 bridgehead atoms. The Morgan fingerprint density at radius 3 is 2.18 bits per heavy atom. The molecule has 4 saturated heterocycles. The van der Waals surface area contributed by atoms with Crippen molar-refractivity contribution < 1.29 is 76.8 Å². The lowest BCUT2D eigenvalue weighted by molar-refractivity contribution is -0.319. The molecule has 5 heterocycles. The Morgan fingerprint density at radius 1 is 0.878 bits per heavy atom. The number of esters is 2. The fraction of sp³-hybridized carbons (Fsp3) is 0.754. The Hall–Kier alpha value is -3.23. The van der Waals surface area contributed by atoms with E-state index in [-0.39, 0.29) is 55.1 Å². The standard InChI is InChI=1S/C61H92IN3O16S/c1-33(2)32-64(12)43-28-35(4)75-57(49(43)67)79-53-37(6)50(78-46-31-59(9,73-14)52(68)39(8)76-46)38(7)55(70)80-58(62)61(11)47(36(5)48(66)34(3)30-60(53,10)74-15)51(56(71)81-61)82-27-26-65(54(69)40-22-24-63-25-23-40)41-20-21-44(72-13)45(29-41)77-42-18-16-17-19-42/h20-25,29,33-39,42-43,46-47,49-53,57-58,67-68H,16-19,26-28,30-32H2,1-15H3/t34-,35-,36-,37+,38-,39+,43+,46+,47+,49-,50+,51?,52+,53-,57+,58+,59-,60-,61+/m1/s1. The van der Waals surface area contributed by atoms with Gasteiger partial charge < -0.3 is 67.4 Å². The molecule has 2 N–H and O–H groups in total. The highest BCUT2D eigenvalue weighted by molar-refractivity contribution is 14.1. The molecule has 4 aliphatic heterocycles. The number of nitrogens with zero attached hydrogens (tertiary/aromatic N) is 3. The topological polar surface area (TPSA) is 220 Å². The molecule has 2 aromatic rings. The highest BCUT2D eigenvalue weighted by atomic mass is 127. The number of ether oxygens (including phenoxy) is 10. The van der Waals surface area contributed by atoms with E-state index < -0.39 is 111 Å². The second kappa shape index (κ2) is 28.1. The predicted molar refractivity (Wildman–Crippen MR) is 318 cm³/mol. The lowest BCUT2D eigenvalue weighted by Gasteiger charge is -2.50. The van der Waals surface area contributed by atoms with E-state index in [2.05, 4.69) is 23.7 Å². The molecule has 1 amide bonds. The maximum atomic E-state index is 15.4. The number of Topliss-reactive ketones (excluding diaryl/α,β-unsaturated/α-hetero) is 1. The number of aliphatic hydroxyl groups excluding tert-OH is 2. The van der Waals surface area contributed by atoms with Crippen LogP contribution in [0.4, 0.5) is 5.69 Å². The molecule has 1 unspecified atom stereocenters. The number of carbonyl (C=O) groups excluding carboxylic acids is 4. The number of thioether (sulfide) groups is 1. The molecule has 1 aromatic heterocycles. The first-order chi connectivity index (χ1) is 38.7. The molecule has 5 fully saturated rings. The summed E-state index contributed by atoms with van der Waals surface area (Å²) in [6, 6.07) is 8.37. The SMILES string of the molecule is COc1ccc(N(CCSC2C(=O)O[C@@]3(C)[C@H]2[C@@H](C)C(=O)[C@H](C)C[C@@](C)(OC)[C@H](O[C@@H]2O[C@H](C)C[C@H](N(C)CC(C)C)[C@H]2O)[C@@H](C)[C@H](O[C@H]2C[C@@](C)(OC)[C@@H](O)[C@H](C)O2)[C@@H](C)C(=O)O[C@@H]3I)C(=O)c2ccncc2)cc1OC1CCCC1. The number of benzene rings is 1. The van der Waals surface area contributed by atoms with Crippen molar-refractivity contribution in [3.63, 3.8) is 0 Å². The summed E-state index contributed by atoms with van der Waals surface area (Å²) in [6.07, 6.45) is 0.449. The zero-order valence-electron chi connectivity index (χ0n) is 50.7. The van der Waals surface area contributed by atoms with Crippen molar-refractivity contribution in [1.82, 2.24) is 9.88 Å². The van der Waals surface area contributed by atoms with Gasteiger partial charge in [-0.15, -0.1) is 11.8 Å². The molecule has 82 heavy (non-hydrogen) atoms. The molecular formula is C61H92IN3O16S. The largest absolute Gasteiger partial charge is 0.493 e. The number of carbonyl (C=O) groups is 4.